The molecule has 0 fully saturated rings. The summed E-state index contributed by atoms with van der Waals surface area (Å²) < 4.78 is 26.3. The number of primary amides is 1. The minimum Gasteiger partial charge on any atom is -0.366 e. The van der Waals surface area contributed by atoms with Crippen LogP contribution in [0.4, 0.5) is 0 Å². The lowest BCUT2D eigenvalue weighted by Gasteiger charge is -2.18. The monoisotopic (exact) mass is 372 g/mol. The van der Waals surface area contributed by atoms with Gasteiger partial charge in [0.15, 0.2) is 0 Å². The van der Waals surface area contributed by atoms with Gasteiger partial charge in [-0.05, 0) is 35.9 Å². The van der Waals surface area contributed by atoms with Crippen molar-refractivity contribution in [2.24, 2.45) is 5.73 Å². The average Bonchev–Trinajstić information content (AvgIpc) is 2.50. The van der Waals surface area contributed by atoms with Gasteiger partial charge in [-0.25, -0.2) is 8.42 Å². The van der Waals surface area contributed by atoms with Crippen LogP contribution in [0.2, 0.25) is 10.0 Å². The van der Waals surface area contributed by atoms with Gasteiger partial charge in [-0.2, -0.15) is 4.31 Å². The van der Waals surface area contributed by atoms with Gasteiger partial charge < -0.3 is 5.73 Å². The zero-order valence-electron chi connectivity index (χ0n) is 12.2. The molecular weight excluding hydrogens is 359 g/mol. The molecule has 1 amide bonds. The highest BCUT2D eigenvalue weighted by molar-refractivity contribution is 7.89. The normalized spacial score (nSPS) is 11.7. The fourth-order valence-electron chi connectivity index (χ4n) is 1.96. The Morgan fingerprint density at radius 1 is 1.13 bits per heavy atom. The molecule has 5 nitrogen and oxygen atoms in total. The molecule has 0 spiro atoms. The van der Waals surface area contributed by atoms with E-state index in [4.69, 9.17) is 28.9 Å². The molecule has 2 N–H and O–H groups in total. The van der Waals surface area contributed by atoms with Crippen LogP contribution in [-0.2, 0) is 16.6 Å². The van der Waals surface area contributed by atoms with Gasteiger partial charge in [-0.15, -0.1) is 0 Å². The predicted octanol–water partition coefficient (Wildman–Crippen LogP) is 2.91. The minimum absolute atomic E-state index is 0.0528. The van der Waals surface area contributed by atoms with Crippen LogP contribution in [0, 0.1) is 0 Å². The van der Waals surface area contributed by atoms with Gasteiger partial charge in [0.2, 0.25) is 15.9 Å². The van der Waals surface area contributed by atoms with Gasteiger partial charge >= 0.3 is 0 Å². The predicted molar refractivity (Wildman–Crippen MR) is 90.1 cm³/mol. The molecule has 2 aromatic carbocycles. The summed E-state index contributed by atoms with van der Waals surface area (Å²) in [6.45, 7) is 0.115. The van der Waals surface area contributed by atoms with E-state index in [0.29, 0.717) is 11.1 Å². The Hall–Kier alpha value is -1.60. The molecule has 0 atom stereocenters. The first-order valence-electron chi connectivity index (χ1n) is 6.52. The lowest BCUT2D eigenvalue weighted by Crippen LogP contribution is -2.26. The summed E-state index contributed by atoms with van der Waals surface area (Å²) in [7, 11) is -2.35. The molecule has 0 heterocycles. The van der Waals surface area contributed by atoms with E-state index >= 15 is 0 Å². The van der Waals surface area contributed by atoms with E-state index in [9.17, 15) is 13.2 Å². The van der Waals surface area contributed by atoms with Gasteiger partial charge in [-0.1, -0.05) is 35.3 Å². The number of benzene rings is 2. The number of nitrogens with two attached hydrogens (primary N) is 1. The summed E-state index contributed by atoms with van der Waals surface area (Å²) >= 11 is 11.8. The SMILES string of the molecule is CN(Cc1ccc(C(N)=O)cc1)S(=O)(=O)c1cc(Cl)ccc1Cl. The molecule has 0 saturated carbocycles. The van der Waals surface area contributed by atoms with E-state index in [-0.39, 0.29) is 21.5 Å². The third-order valence-corrected chi connectivity index (χ3v) is 5.75. The Bertz CT molecular complexity index is 836. The topological polar surface area (TPSA) is 80.5 Å². The maximum absolute atomic E-state index is 12.6. The molecular formula is C15H14Cl2N2O3S. The third kappa shape index (κ3) is 4.03. The van der Waals surface area contributed by atoms with Crippen molar-refractivity contribution in [1.29, 1.82) is 0 Å². The largest absolute Gasteiger partial charge is 0.366 e. The standard InChI is InChI=1S/C15H14Cl2N2O3S/c1-19(9-10-2-4-11(5-3-10)15(18)20)23(21,22)14-8-12(16)6-7-13(14)17/h2-8H,9H2,1H3,(H2,18,20). The number of sulfonamides is 1. The van der Waals surface area contributed by atoms with Crippen molar-refractivity contribution in [3.05, 3.63) is 63.6 Å². The van der Waals surface area contributed by atoms with Crippen LogP contribution in [0.15, 0.2) is 47.4 Å². The second-order valence-corrected chi connectivity index (χ2v) is 7.75. The maximum atomic E-state index is 12.6. The fraction of sp³-hybridized carbons (Fsp3) is 0.133. The van der Waals surface area contributed by atoms with Crippen LogP contribution < -0.4 is 5.73 Å². The molecule has 0 radical (unpaired) electrons. The Morgan fingerprint density at radius 3 is 2.30 bits per heavy atom. The number of halogens is 2. The minimum atomic E-state index is -3.79. The van der Waals surface area contributed by atoms with Crippen molar-refractivity contribution in [3.8, 4) is 0 Å². The van der Waals surface area contributed by atoms with Crippen molar-refractivity contribution in [2.75, 3.05) is 7.05 Å². The number of nitrogens with zero attached hydrogens (tertiary/aromatic N) is 1. The van der Waals surface area contributed by atoms with Crippen LogP contribution in [0.1, 0.15) is 15.9 Å². The summed E-state index contributed by atoms with van der Waals surface area (Å²) in [5.41, 5.74) is 6.23. The molecule has 122 valence electrons. The molecule has 23 heavy (non-hydrogen) atoms. The van der Waals surface area contributed by atoms with Crippen LogP contribution in [0.3, 0.4) is 0 Å². The van der Waals surface area contributed by atoms with Crippen molar-refractivity contribution >= 4 is 39.1 Å². The molecule has 0 aliphatic heterocycles. The Morgan fingerprint density at radius 2 is 1.74 bits per heavy atom. The summed E-state index contributed by atoms with van der Waals surface area (Å²) in [6.07, 6.45) is 0. The summed E-state index contributed by atoms with van der Waals surface area (Å²) in [6, 6.07) is 10.6. The van der Waals surface area contributed by atoms with E-state index in [1.54, 1.807) is 24.3 Å². The number of rotatable bonds is 5. The number of carbonyl (C=O) groups excluding carboxylic acids is 1. The fourth-order valence-corrected chi connectivity index (χ4v) is 3.85. The van der Waals surface area contributed by atoms with Crippen LogP contribution >= 0.6 is 23.2 Å². The van der Waals surface area contributed by atoms with Crippen molar-refractivity contribution < 1.29 is 13.2 Å². The first-order valence-corrected chi connectivity index (χ1v) is 8.71. The van der Waals surface area contributed by atoms with Gasteiger partial charge in [-0.3, -0.25) is 4.79 Å². The van der Waals surface area contributed by atoms with Gasteiger partial charge in [0.05, 0.1) is 5.02 Å². The third-order valence-electron chi connectivity index (χ3n) is 3.23. The Kier molecular flexibility index (Phi) is 5.31. The maximum Gasteiger partial charge on any atom is 0.248 e. The quantitative estimate of drug-likeness (QED) is 0.875. The van der Waals surface area contributed by atoms with Crippen molar-refractivity contribution in [2.45, 2.75) is 11.4 Å². The molecule has 2 aromatic rings. The zero-order valence-corrected chi connectivity index (χ0v) is 14.5. The molecule has 0 unspecified atom stereocenters. The zero-order chi connectivity index (χ0) is 17.2. The Balaban J connectivity index is 2.26. The van der Waals surface area contributed by atoms with E-state index in [1.807, 2.05) is 0 Å². The number of amides is 1. The molecule has 0 aliphatic rings. The molecule has 0 aliphatic carbocycles. The Labute approximate surface area is 144 Å². The number of hydrogen-bond donors (Lipinski definition) is 1. The second-order valence-electron chi connectivity index (χ2n) is 4.90. The smallest absolute Gasteiger partial charge is 0.248 e. The van der Waals surface area contributed by atoms with Gasteiger partial charge in [0, 0.05) is 24.2 Å². The first-order chi connectivity index (χ1) is 10.7. The summed E-state index contributed by atoms with van der Waals surface area (Å²) in [4.78, 5) is 11.0. The van der Waals surface area contributed by atoms with Crippen molar-refractivity contribution in [3.63, 3.8) is 0 Å². The van der Waals surface area contributed by atoms with E-state index in [1.165, 1.54) is 25.2 Å². The molecule has 0 bridgehead atoms. The van der Waals surface area contributed by atoms with E-state index in [2.05, 4.69) is 0 Å². The lowest BCUT2D eigenvalue weighted by atomic mass is 10.1. The molecule has 0 aromatic heterocycles. The highest BCUT2D eigenvalue weighted by Gasteiger charge is 2.24. The molecule has 2 rings (SSSR count). The van der Waals surface area contributed by atoms with Gasteiger partial charge in [0.25, 0.3) is 0 Å². The van der Waals surface area contributed by atoms with E-state index in [0.717, 1.165) is 4.31 Å². The van der Waals surface area contributed by atoms with Crippen molar-refractivity contribution in [1.82, 2.24) is 4.31 Å². The second kappa shape index (κ2) is 6.88. The summed E-state index contributed by atoms with van der Waals surface area (Å²) in [5, 5.41) is 0.387. The lowest BCUT2D eigenvalue weighted by molar-refractivity contribution is 0.1000. The average molecular weight is 373 g/mol. The number of carbonyl (C=O) groups is 1. The van der Waals surface area contributed by atoms with Crippen LogP contribution in [-0.4, -0.2) is 25.7 Å². The molecule has 0 saturated heterocycles. The summed E-state index contributed by atoms with van der Waals surface area (Å²) in [5.74, 6) is -0.539. The molecule has 8 heteroatoms. The van der Waals surface area contributed by atoms with Crippen LogP contribution in [0.5, 0.6) is 0 Å². The highest BCUT2D eigenvalue weighted by Crippen LogP contribution is 2.27. The van der Waals surface area contributed by atoms with E-state index < -0.39 is 15.9 Å². The highest BCUT2D eigenvalue weighted by atomic mass is 35.5. The van der Waals surface area contributed by atoms with Crippen LogP contribution in [0.25, 0.3) is 0 Å². The number of hydrogen-bond acceptors (Lipinski definition) is 3. The van der Waals surface area contributed by atoms with Gasteiger partial charge in [0.1, 0.15) is 4.90 Å². The first kappa shape index (κ1) is 17.7.